The molecule has 4 nitrogen and oxygen atoms in total. The molecule has 3 aromatic carbocycles. The third-order valence-electron chi connectivity index (χ3n) is 4.05. The molecule has 0 radical (unpaired) electrons. The van der Waals surface area contributed by atoms with Gasteiger partial charge in [0.25, 0.3) is 0 Å². The Balaban J connectivity index is 1.66. The lowest BCUT2D eigenvalue weighted by molar-refractivity contribution is 0.0917. The van der Waals surface area contributed by atoms with Crippen molar-refractivity contribution in [3.63, 3.8) is 0 Å². The van der Waals surface area contributed by atoms with E-state index in [0.29, 0.717) is 16.9 Å². The predicted octanol–water partition coefficient (Wildman–Crippen LogP) is 4.47. The van der Waals surface area contributed by atoms with Gasteiger partial charge in [-0.05, 0) is 66.7 Å². The lowest BCUT2D eigenvalue weighted by Crippen LogP contribution is -2.13. The standard InChI is InChI=1S/C22H16F2O4/c1-27-21-11-8-17(24)12-19(21)20(25)13-28-18-9-4-15(5-10-18)22(26)14-2-6-16(23)7-3-14/h2-12H,13H2,1H3. The molecule has 0 aromatic heterocycles. The van der Waals surface area contributed by atoms with Crippen molar-refractivity contribution in [1.29, 1.82) is 0 Å². The Morgan fingerprint density at radius 2 is 1.39 bits per heavy atom. The van der Waals surface area contributed by atoms with Crippen molar-refractivity contribution in [3.05, 3.63) is 95.1 Å². The predicted molar refractivity (Wildman–Crippen MR) is 99.1 cm³/mol. The first kappa shape index (κ1) is 19.2. The van der Waals surface area contributed by atoms with Crippen LogP contribution < -0.4 is 9.47 Å². The van der Waals surface area contributed by atoms with Gasteiger partial charge in [0.2, 0.25) is 5.78 Å². The fourth-order valence-electron chi connectivity index (χ4n) is 2.60. The highest BCUT2D eigenvalue weighted by Crippen LogP contribution is 2.21. The Morgan fingerprint density at radius 1 is 0.821 bits per heavy atom. The lowest BCUT2D eigenvalue weighted by Gasteiger charge is -2.09. The van der Waals surface area contributed by atoms with E-state index in [1.54, 1.807) is 24.3 Å². The van der Waals surface area contributed by atoms with Crippen molar-refractivity contribution >= 4 is 11.6 Å². The molecular weight excluding hydrogens is 366 g/mol. The fraction of sp³-hybridized carbons (Fsp3) is 0.0909. The van der Waals surface area contributed by atoms with Gasteiger partial charge in [0.15, 0.2) is 12.4 Å². The number of methoxy groups -OCH3 is 1. The number of benzene rings is 3. The van der Waals surface area contributed by atoms with Gasteiger partial charge in [0, 0.05) is 11.1 Å². The summed E-state index contributed by atoms with van der Waals surface area (Å²) in [5.74, 6) is -1.03. The molecule has 0 unspecified atom stereocenters. The molecule has 0 spiro atoms. The van der Waals surface area contributed by atoms with Crippen LogP contribution in [0, 0.1) is 11.6 Å². The molecule has 0 aliphatic carbocycles. The van der Waals surface area contributed by atoms with Gasteiger partial charge in [-0.25, -0.2) is 8.78 Å². The number of hydrogen-bond donors (Lipinski definition) is 0. The third kappa shape index (κ3) is 4.40. The fourth-order valence-corrected chi connectivity index (χ4v) is 2.60. The van der Waals surface area contributed by atoms with Gasteiger partial charge in [0.05, 0.1) is 12.7 Å². The van der Waals surface area contributed by atoms with Crippen LogP contribution in [0.1, 0.15) is 26.3 Å². The van der Waals surface area contributed by atoms with Crippen LogP contribution >= 0.6 is 0 Å². The van der Waals surface area contributed by atoms with Gasteiger partial charge >= 0.3 is 0 Å². The highest BCUT2D eigenvalue weighted by Gasteiger charge is 2.15. The van der Waals surface area contributed by atoms with E-state index in [2.05, 4.69) is 0 Å². The van der Waals surface area contributed by atoms with Crippen molar-refractivity contribution < 1.29 is 27.8 Å². The van der Waals surface area contributed by atoms with Gasteiger partial charge in [0.1, 0.15) is 23.1 Å². The molecule has 0 N–H and O–H groups in total. The second-order valence-electron chi connectivity index (χ2n) is 5.92. The number of hydrogen-bond acceptors (Lipinski definition) is 4. The minimum absolute atomic E-state index is 0.0885. The molecule has 28 heavy (non-hydrogen) atoms. The summed E-state index contributed by atoms with van der Waals surface area (Å²) < 4.78 is 36.8. The van der Waals surface area contributed by atoms with Gasteiger partial charge in [-0.2, -0.15) is 0 Å². The van der Waals surface area contributed by atoms with Crippen LogP contribution in [0.2, 0.25) is 0 Å². The van der Waals surface area contributed by atoms with E-state index < -0.39 is 17.4 Å². The summed E-state index contributed by atoms with van der Waals surface area (Å²) in [6, 6.07) is 15.1. The minimum Gasteiger partial charge on any atom is -0.496 e. The number of rotatable bonds is 7. The van der Waals surface area contributed by atoms with Crippen molar-refractivity contribution in [1.82, 2.24) is 0 Å². The Bertz CT molecular complexity index is 996. The zero-order valence-electron chi connectivity index (χ0n) is 14.9. The minimum atomic E-state index is -0.548. The second-order valence-corrected chi connectivity index (χ2v) is 5.92. The van der Waals surface area contributed by atoms with E-state index in [0.717, 1.165) is 6.07 Å². The quantitative estimate of drug-likeness (QED) is 0.566. The van der Waals surface area contributed by atoms with Crippen molar-refractivity contribution in [2.75, 3.05) is 13.7 Å². The zero-order valence-corrected chi connectivity index (χ0v) is 14.9. The third-order valence-corrected chi connectivity index (χ3v) is 4.05. The number of ketones is 2. The first-order chi connectivity index (χ1) is 13.5. The van der Waals surface area contributed by atoms with Crippen molar-refractivity contribution in [3.8, 4) is 11.5 Å². The maximum Gasteiger partial charge on any atom is 0.204 e. The average molecular weight is 382 g/mol. The molecule has 0 saturated carbocycles. The molecular formula is C22H16F2O4. The van der Waals surface area contributed by atoms with Gasteiger partial charge < -0.3 is 9.47 Å². The van der Waals surface area contributed by atoms with E-state index in [9.17, 15) is 18.4 Å². The van der Waals surface area contributed by atoms with Gasteiger partial charge in [-0.15, -0.1) is 0 Å². The van der Waals surface area contributed by atoms with Crippen LogP contribution in [0.3, 0.4) is 0 Å². The molecule has 0 amide bonds. The summed E-state index contributed by atoms with van der Waals surface area (Å²) in [6.45, 7) is -0.314. The smallest absolute Gasteiger partial charge is 0.204 e. The number of carbonyl (C=O) groups is 2. The summed E-state index contributed by atoms with van der Waals surface area (Å²) in [7, 11) is 1.39. The summed E-state index contributed by atoms with van der Waals surface area (Å²) in [5, 5.41) is 0. The molecule has 0 atom stereocenters. The number of carbonyl (C=O) groups excluding carboxylic acids is 2. The first-order valence-electron chi connectivity index (χ1n) is 8.38. The molecule has 3 aromatic rings. The normalized spacial score (nSPS) is 10.4. The van der Waals surface area contributed by atoms with Gasteiger partial charge in [-0.1, -0.05) is 0 Å². The van der Waals surface area contributed by atoms with Crippen molar-refractivity contribution in [2.24, 2.45) is 0 Å². The Hall–Kier alpha value is -3.54. The van der Waals surface area contributed by atoms with E-state index in [1.807, 2.05) is 0 Å². The van der Waals surface area contributed by atoms with Crippen LogP contribution in [-0.2, 0) is 0 Å². The molecule has 142 valence electrons. The van der Waals surface area contributed by atoms with E-state index in [1.165, 1.54) is 43.5 Å². The van der Waals surface area contributed by atoms with Crippen molar-refractivity contribution in [2.45, 2.75) is 0 Å². The number of ether oxygens (including phenoxy) is 2. The van der Waals surface area contributed by atoms with Crippen LogP contribution in [0.25, 0.3) is 0 Å². The molecule has 0 aliphatic rings. The lowest BCUT2D eigenvalue weighted by atomic mass is 10.0. The molecule has 0 saturated heterocycles. The number of Topliss-reactive ketones (excluding diaryl/α,β-unsaturated/α-hetero) is 1. The van der Waals surface area contributed by atoms with E-state index in [-0.39, 0.29) is 23.7 Å². The maximum absolute atomic E-state index is 13.4. The van der Waals surface area contributed by atoms with E-state index in [4.69, 9.17) is 9.47 Å². The van der Waals surface area contributed by atoms with Crippen LogP contribution in [0.4, 0.5) is 8.78 Å². The Labute approximate surface area is 160 Å². The Morgan fingerprint density at radius 3 is 2.00 bits per heavy atom. The second kappa shape index (κ2) is 8.43. The monoisotopic (exact) mass is 382 g/mol. The highest BCUT2D eigenvalue weighted by atomic mass is 19.1. The molecule has 0 aliphatic heterocycles. The van der Waals surface area contributed by atoms with Gasteiger partial charge in [-0.3, -0.25) is 9.59 Å². The van der Waals surface area contributed by atoms with Crippen LogP contribution in [0.15, 0.2) is 66.7 Å². The SMILES string of the molecule is COc1ccc(F)cc1C(=O)COc1ccc(C(=O)c2ccc(F)cc2)cc1. The molecule has 6 heteroatoms. The largest absolute Gasteiger partial charge is 0.496 e. The first-order valence-corrected chi connectivity index (χ1v) is 8.38. The highest BCUT2D eigenvalue weighted by molar-refractivity contribution is 6.09. The average Bonchev–Trinajstić information content (AvgIpc) is 2.72. The zero-order chi connectivity index (χ0) is 20.1. The summed E-state index contributed by atoms with van der Waals surface area (Å²) in [5.41, 5.74) is 0.853. The topological polar surface area (TPSA) is 52.6 Å². The summed E-state index contributed by atoms with van der Waals surface area (Å²) >= 11 is 0. The number of halogens is 2. The Kier molecular flexibility index (Phi) is 5.79. The van der Waals surface area contributed by atoms with E-state index >= 15 is 0 Å². The summed E-state index contributed by atoms with van der Waals surface area (Å²) in [4.78, 5) is 24.6. The van der Waals surface area contributed by atoms with Crippen LogP contribution in [-0.4, -0.2) is 25.3 Å². The molecule has 3 rings (SSSR count). The molecule has 0 fully saturated rings. The van der Waals surface area contributed by atoms with Crippen LogP contribution in [0.5, 0.6) is 11.5 Å². The summed E-state index contributed by atoms with van der Waals surface area (Å²) in [6.07, 6.45) is 0. The molecule has 0 bridgehead atoms. The maximum atomic E-state index is 13.4. The molecule has 0 heterocycles.